The smallest absolute Gasteiger partial charge is 0.220 e. The highest BCUT2D eigenvalue weighted by Gasteiger charge is 2.29. The molecule has 2 aliphatic rings. The molecule has 1 amide bonds. The summed E-state index contributed by atoms with van der Waals surface area (Å²) in [6, 6.07) is 3.31. The van der Waals surface area contributed by atoms with Crippen LogP contribution in [-0.4, -0.2) is 34.2 Å². The second kappa shape index (κ2) is 6.94. The van der Waals surface area contributed by atoms with Gasteiger partial charge in [-0.2, -0.15) is 9.49 Å². The first-order valence-corrected chi connectivity index (χ1v) is 9.64. The quantitative estimate of drug-likeness (QED) is 0.722. The van der Waals surface area contributed by atoms with E-state index in [9.17, 15) is 9.18 Å². The molecule has 3 N–H and O–H groups in total. The molecule has 144 valence electrons. The number of rotatable bonds is 4. The Hall–Kier alpha value is -2.44. The number of hydrogen-bond donors (Lipinski definition) is 3. The largest absolute Gasteiger partial charge is 0.370 e. The van der Waals surface area contributed by atoms with E-state index in [1.54, 1.807) is 0 Å². The van der Waals surface area contributed by atoms with E-state index in [4.69, 9.17) is 0 Å². The second-order valence-electron chi connectivity index (χ2n) is 8.52. The van der Waals surface area contributed by atoms with Gasteiger partial charge in [-0.15, -0.1) is 0 Å². The lowest BCUT2D eigenvalue weighted by Crippen LogP contribution is -2.37. The molecule has 1 atom stereocenters. The maximum Gasteiger partial charge on any atom is 0.220 e. The zero-order chi connectivity index (χ0) is 19.0. The Labute approximate surface area is 158 Å². The van der Waals surface area contributed by atoms with Crippen LogP contribution >= 0.6 is 0 Å². The monoisotopic (exact) mass is 371 g/mol. The Morgan fingerprint density at radius 3 is 2.96 bits per heavy atom. The summed E-state index contributed by atoms with van der Waals surface area (Å²) in [5.74, 6) is 0.426. The average Bonchev–Trinajstić information content (AvgIpc) is 3.02. The molecule has 1 saturated heterocycles. The molecule has 1 aliphatic carbocycles. The first-order chi connectivity index (χ1) is 12.9. The van der Waals surface area contributed by atoms with Crippen LogP contribution in [0, 0.1) is 17.3 Å². The first kappa shape index (κ1) is 17.9. The number of nitrogens with one attached hydrogen (secondary N) is 3. The lowest BCUT2D eigenvalue weighted by Gasteiger charge is -2.29. The van der Waals surface area contributed by atoms with Crippen molar-refractivity contribution in [3.63, 3.8) is 0 Å². The fourth-order valence-electron chi connectivity index (χ4n) is 4.02. The molecule has 4 rings (SSSR count). The summed E-state index contributed by atoms with van der Waals surface area (Å²) < 4.78 is 14.1. The molecule has 3 heterocycles. The number of H-pyrrole nitrogens is 1. The molecule has 1 fully saturated rings. The third-order valence-electron chi connectivity index (χ3n) is 5.67. The molecule has 0 radical (unpaired) electrons. The average molecular weight is 371 g/mol. The molecule has 0 spiro atoms. The lowest BCUT2D eigenvalue weighted by molar-refractivity contribution is -0.122. The highest BCUT2D eigenvalue weighted by Crippen LogP contribution is 2.38. The second-order valence-corrected chi connectivity index (χ2v) is 8.52. The van der Waals surface area contributed by atoms with Crippen molar-refractivity contribution in [2.45, 2.75) is 46.0 Å². The van der Waals surface area contributed by atoms with Gasteiger partial charge in [0.2, 0.25) is 11.9 Å². The highest BCUT2D eigenvalue weighted by molar-refractivity contribution is 5.76. The van der Waals surface area contributed by atoms with Gasteiger partial charge in [-0.3, -0.25) is 9.89 Å². The van der Waals surface area contributed by atoms with E-state index in [-0.39, 0.29) is 11.3 Å². The number of amides is 1. The zero-order valence-electron chi connectivity index (χ0n) is 15.9. The minimum atomic E-state index is -0.514. The molecule has 0 bridgehead atoms. The van der Waals surface area contributed by atoms with Gasteiger partial charge in [0.15, 0.2) is 0 Å². The minimum Gasteiger partial charge on any atom is -0.370 e. The number of piperidine rings is 1. The summed E-state index contributed by atoms with van der Waals surface area (Å²) in [7, 11) is 0. The van der Waals surface area contributed by atoms with Gasteiger partial charge in [0.05, 0.1) is 5.69 Å². The number of aromatic amines is 1. The van der Waals surface area contributed by atoms with Crippen LogP contribution in [0.15, 0.2) is 12.1 Å². The van der Waals surface area contributed by atoms with Gasteiger partial charge in [-0.05, 0) is 43.1 Å². The van der Waals surface area contributed by atoms with Crippen molar-refractivity contribution in [1.82, 2.24) is 20.5 Å². The van der Waals surface area contributed by atoms with Gasteiger partial charge in [0, 0.05) is 42.4 Å². The van der Waals surface area contributed by atoms with Gasteiger partial charge in [0.1, 0.15) is 5.82 Å². The fourth-order valence-corrected chi connectivity index (χ4v) is 4.02. The van der Waals surface area contributed by atoms with Crippen molar-refractivity contribution >= 4 is 11.7 Å². The van der Waals surface area contributed by atoms with Crippen LogP contribution < -0.4 is 10.6 Å². The third-order valence-corrected chi connectivity index (χ3v) is 5.67. The fraction of sp³-hybridized carbons (Fsp3) is 0.550. The Morgan fingerprint density at radius 1 is 1.33 bits per heavy atom. The SMILES string of the molecule is CC1(C)CCc2c(-c3cc(F)nc(NCC4CCC(=O)NC4)c3)n[nH]c2C1. The summed E-state index contributed by atoms with van der Waals surface area (Å²) in [6.07, 6.45) is 4.39. The number of hydrogen-bond acceptors (Lipinski definition) is 4. The molecule has 2 aromatic heterocycles. The van der Waals surface area contributed by atoms with Gasteiger partial charge < -0.3 is 10.6 Å². The van der Waals surface area contributed by atoms with Crippen LogP contribution in [0.25, 0.3) is 11.3 Å². The number of carbonyl (C=O) groups is 1. The Bertz CT molecular complexity index is 850. The summed E-state index contributed by atoms with van der Waals surface area (Å²) in [6.45, 7) is 5.83. The summed E-state index contributed by atoms with van der Waals surface area (Å²) in [5, 5.41) is 13.7. The van der Waals surface area contributed by atoms with E-state index in [1.165, 1.54) is 11.6 Å². The molecule has 6 nitrogen and oxygen atoms in total. The van der Waals surface area contributed by atoms with Crippen molar-refractivity contribution < 1.29 is 9.18 Å². The maximum absolute atomic E-state index is 14.1. The number of anilines is 1. The Morgan fingerprint density at radius 2 is 2.19 bits per heavy atom. The standard InChI is InChI=1S/C20H26FN5O/c1-20(2)6-5-14-15(9-20)25-26-19(14)13-7-16(21)24-17(8-13)22-10-12-3-4-18(27)23-11-12/h7-8,12H,3-6,9-11H2,1-2H3,(H,22,24)(H,23,27)(H,25,26). The predicted octanol–water partition coefficient (Wildman–Crippen LogP) is 3.06. The first-order valence-electron chi connectivity index (χ1n) is 9.64. The van der Waals surface area contributed by atoms with Crippen LogP contribution in [0.4, 0.5) is 10.2 Å². The van der Waals surface area contributed by atoms with Crippen LogP contribution in [-0.2, 0) is 17.6 Å². The number of halogens is 1. The molecule has 1 aliphatic heterocycles. The van der Waals surface area contributed by atoms with Gasteiger partial charge in [0.25, 0.3) is 0 Å². The van der Waals surface area contributed by atoms with Crippen molar-refractivity contribution in [1.29, 1.82) is 0 Å². The maximum atomic E-state index is 14.1. The third kappa shape index (κ3) is 3.96. The lowest BCUT2D eigenvalue weighted by atomic mass is 9.76. The van der Waals surface area contributed by atoms with E-state index in [2.05, 4.69) is 39.7 Å². The van der Waals surface area contributed by atoms with E-state index in [0.29, 0.717) is 31.2 Å². The number of fused-ring (bicyclic) bond motifs is 1. The summed E-state index contributed by atoms with van der Waals surface area (Å²) in [5.41, 5.74) is 4.20. The van der Waals surface area contributed by atoms with Crippen molar-refractivity contribution in [2.24, 2.45) is 11.3 Å². The van der Waals surface area contributed by atoms with Crippen LogP contribution in [0.2, 0.25) is 0 Å². The molecular formula is C20H26FN5O. The normalized spacial score (nSPS) is 21.4. The molecule has 0 saturated carbocycles. The molecule has 27 heavy (non-hydrogen) atoms. The molecular weight excluding hydrogens is 345 g/mol. The number of pyridine rings is 1. The van der Waals surface area contributed by atoms with Crippen LogP contribution in [0.1, 0.15) is 44.4 Å². The molecule has 7 heteroatoms. The molecule has 1 unspecified atom stereocenters. The van der Waals surface area contributed by atoms with E-state index < -0.39 is 5.95 Å². The number of nitrogens with zero attached hydrogens (tertiary/aromatic N) is 2. The van der Waals surface area contributed by atoms with E-state index >= 15 is 0 Å². The van der Waals surface area contributed by atoms with Crippen molar-refractivity contribution in [3.05, 3.63) is 29.3 Å². The van der Waals surface area contributed by atoms with Crippen LogP contribution in [0.3, 0.4) is 0 Å². The van der Waals surface area contributed by atoms with Gasteiger partial charge >= 0.3 is 0 Å². The number of carbonyl (C=O) groups excluding carboxylic acids is 1. The predicted molar refractivity (Wildman–Crippen MR) is 102 cm³/mol. The van der Waals surface area contributed by atoms with Gasteiger partial charge in [-0.1, -0.05) is 13.8 Å². The molecule has 0 aromatic carbocycles. The highest BCUT2D eigenvalue weighted by atomic mass is 19.1. The summed E-state index contributed by atoms with van der Waals surface area (Å²) >= 11 is 0. The Kier molecular flexibility index (Phi) is 4.61. The van der Waals surface area contributed by atoms with Crippen molar-refractivity contribution in [3.8, 4) is 11.3 Å². The van der Waals surface area contributed by atoms with E-state index in [0.717, 1.165) is 42.6 Å². The zero-order valence-corrected chi connectivity index (χ0v) is 15.9. The topological polar surface area (TPSA) is 82.7 Å². The van der Waals surface area contributed by atoms with Crippen LogP contribution in [0.5, 0.6) is 0 Å². The van der Waals surface area contributed by atoms with E-state index in [1.807, 2.05) is 6.07 Å². The summed E-state index contributed by atoms with van der Waals surface area (Å²) in [4.78, 5) is 15.2. The molecule has 2 aromatic rings. The van der Waals surface area contributed by atoms with Gasteiger partial charge in [-0.25, -0.2) is 4.98 Å². The minimum absolute atomic E-state index is 0.101. The van der Waals surface area contributed by atoms with Crippen molar-refractivity contribution in [2.75, 3.05) is 18.4 Å². The Balaban J connectivity index is 1.51. The number of aromatic nitrogens is 3.